The standard InChI is InChI=1S/C18H19FN2O4/c1-20(10-14-4-3-9-24-14)18(23)17-16(21(2)15(22)11-25-17)12-5-7-13(19)8-6-12/h3-9,16-17H,10-11H2,1-2H3/t16-,17+/m0/s1. The van der Waals surface area contributed by atoms with Gasteiger partial charge in [0.1, 0.15) is 18.2 Å². The zero-order valence-electron chi connectivity index (χ0n) is 14.0. The van der Waals surface area contributed by atoms with Crippen molar-refractivity contribution in [1.29, 1.82) is 0 Å². The van der Waals surface area contributed by atoms with E-state index in [4.69, 9.17) is 9.15 Å². The number of nitrogens with zero attached hydrogens (tertiary/aromatic N) is 2. The van der Waals surface area contributed by atoms with Gasteiger partial charge in [-0.25, -0.2) is 4.39 Å². The van der Waals surface area contributed by atoms with Gasteiger partial charge in [-0.3, -0.25) is 9.59 Å². The Kier molecular flexibility index (Phi) is 4.85. The van der Waals surface area contributed by atoms with Gasteiger partial charge in [-0.2, -0.15) is 0 Å². The second-order valence-electron chi connectivity index (χ2n) is 6.01. The Labute approximate surface area is 144 Å². The van der Waals surface area contributed by atoms with E-state index in [1.807, 2.05) is 0 Å². The molecule has 25 heavy (non-hydrogen) atoms. The number of morpholine rings is 1. The highest BCUT2D eigenvalue weighted by Gasteiger charge is 2.41. The van der Waals surface area contributed by atoms with Gasteiger partial charge in [0.2, 0.25) is 5.91 Å². The number of carbonyl (C=O) groups excluding carboxylic acids is 2. The van der Waals surface area contributed by atoms with Gasteiger partial charge in [0.05, 0.1) is 18.8 Å². The Balaban J connectivity index is 1.84. The molecule has 7 heteroatoms. The lowest BCUT2D eigenvalue weighted by Crippen LogP contribution is -2.53. The molecule has 1 aromatic heterocycles. The second-order valence-corrected chi connectivity index (χ2v) is 6.01. The Morgan fingerprint density at radius 1 is 1.32 bits per heavy atom. The number of benzene rings is 1. The van der Waals surface area contributed by atoms with E-state index in [0.717, 1.165) is 0 Å². The van der Waals surface area contributed by atoms with Crippen molar-refractivity contribution in [3.05, 3.63) is 59.8 Å². The zero-order valence-corrected chi connectivity index (χ0v) is 14.0. The van der Waals surface area contributed by atoms with Crippen LogP contribution in [0.25, 0.3) is 0 Å². The number of hydrogen-bond donors (Lipinski definition) is 0. The number of carbonyl (C=O) groups is 2. The van der Waals surface area contributed by atoms with Gasteiger partial charge in [-0.05, 0) is 29.8 Å². The van der Waals surface area contributed by atoms with E-state index in [1.165, 1.54) is 21.9 Å². The SMILES string of the molecule is CN(Cc1ccco1)C(=O)[C@@H]1OCC(=O)N(C)[C@H]1c1ccc(F)cc1. The van der Waals surface area contributed by atoms with Crippen molar-refractivity contribution in [3.8, 4) is 0 Å². The van der Waals surface area contributed by atoms with Gasteiger partial charge >= 0.3 is 0 Å². The number of ether oxygens (including phenoxy) is 1. The van der Waals surface area contributed by atoms with Crippen molar-refractivity contribution in [1.82, 2.24) is 9.80 Å². The normalized spacial score (nSPS) is 20.6. The molecule has 132 valence electrons. The third-order valence-electron chi connectivity index (χ3n) is 4.29. The molecular formula is C18H19FN2O4. The van der Waals surface area contributed by atoms with Gasteiger partial charge in [-0.15, -0.1) is 0 Å². The maximum absolute atomic E-state index is 13.2. The van der Waals surface area contributed by atoms with E-state index < -0.39 is 12.1 Å². The minimum Gasteiger partial charge on any atom is -0.467 e. The van der Waals surface area contributed by atoms with E-state index >= 15 is 0 Å². The van der Waals surface area contributed by atoms with Crippen LogP contribution >= 0.6 is 0 Å². The molecule has 0 unspecified atom stereocenters. The summed E-state index contributed by atoms with van der Waals surface area (Å²) < 4.78 is 24.0. The average Bonchev–Trinajstić information content (AvgIpc) is 3.10. The monoisotopic (exact) mass is 346 g/mol. The molecule has 1 aliphatic rings. The molecule has 0 N–H and O–H groups in total. The molecule has 6 nitrogen and oxygen atoms in total. The molecule has 0 radical (unpaired) electrons. The largest absolute Gasteiger partial charge is 0.467 e. The van der Waals surface area contributed by atoms with E-state index in [-0.39, 0.29) is 24.2 Å². The first-order valence-corrected chi connectivity index (χ1v) is 7.87. The highest BCUT2D eigenvalue weighted by molar-refractivity contribution is 5.86. The maximum atomic E-state index is 13.2. The Hall–Kier alpha value is -2.67. The summed E-state index contributed by atoms with van der Waals surface area (Å²) in [6.45, 7) is 0.124. The van der Waals surface area contributed by atoms with Crippen LogP contribution in [0.1, 0.15) is 17.4 Å². The maximum Gasteiger partial charge on any atom is 0.254 e. The van der Waals surface area contributed by atoms with Crippen LogP contribution in [0.15, 0.2) is 47.1 Å². The average molecular weight is 346 g/mol. The Morgan fingerprint density at radius 2 is 2.04 bits per heavy atom. The summed E-state index contributed by atoms with van der Waals surface area (Å²) in [5, 5.41) is 0. The molecule has 2 atom stereocenters. The summed E-state index contributed by atoms with van der Waals surface area (Å²) in [6, 6.07) is 8.63. The minimum absolute atomic E-state index is 0.167. The zero-order chi connectivity index (χ0) is 18.0. The smallest absolute Gasteiger partial charge is 0.254 e. The number of amides is 2. The third-order valence-corrected chi connectivity index (χ3v) is 4.29. The Bertz CT molecular complexity index is 745. The van der Waals surface area contributed by atoms with Crippen LogP contribution in [-0.4, -0.2) is 48.4 Å². The van der Waals surface area contributed by atoms with Crippen LogP contribution in [0.2, 0.25) is 0 Å². The molecule has 1 aromatic carbocycles. The number of likely N-dealkylation sites (N-methyl/N-ethyl adjacent to an activating group) is 2. The number of rotatable bonds is 4. The summed E-state index contributed by atoms with van der Waals surface area (Å²) in [4.78, 5) is 27.9. The predicted molar refractivity (Wildman–Crippen MR) is 86.8 cm³/mol. The first-order chi connectivity index (χ1) is 12.0. The lowest BCUT2D eigenvalue weighted by Gasteiger charge is -2.39. The molecule has 0 saturated carbocycles. The fourth-order valence-electron chi connectivity index (χ4n) is 2.91. The van der Waals surface area contributed by atoms with Gasteiger partial charge in [0, 0.05) is 14.1 Å². The molecule has 1 aliphatic heterocycles. The van der Waals surface area contributed by atoms with Crippen LogP contribution < -0.4 is 0 Å². The van der Waals surface area contributed by atoms with Crippen molar-refractivity contribution in [2.24, 2.45) is 0 Å². The first-order valence-electron chi connectivity index (χ1n) is 7.87. The molecule has 1 saturated heterocycles. The number of hydrogen-bond acceptors (Lipinski definition) is 4. The van der Waals surface area contributed by atoms with Gasteiger partial charge in [0.25, 0.3) is 5.91 Å². The van der Waals surface area contributed by atoms with Crippen LogP contribution in [0.5, 0.6) is 0 Å². The van der Waals surface area contributed by atoms with Gasteiger partial charge in [0.15, 0.2) is 6.10 Å². The fraction of sp³-hybridized carbons (Fsp3) is 0.333. The molecule has 2 aromatic rings. The molecule has 0 spiro atoms. The quantitative estimate of drug-likeness (QED) is 0.849. The van der Waals surface area contributed by atoms with Crippen LogP contribution in [0.3, 0.4) is 0 Å². The van der Waals surface area contributed by atoms with Crippen LogP contribution in [0, 0.1) is 5.82 Å². The lowest BCUT2D eigenvalue weighted by molar-refractivity contribution is -0.167. The van der Waals surface area contributed by atoms with E-state index in [9.17, 15) is 14.0 Å². The molecule has 2 heterocycles. The summed E-state index contributed by atoms with van der Waals surface area (Å²) >= 11 is 0. The van der Waals surface area contributed by atoms with Gasteiger partial charge < -0.3 is 19.0 Å². The molecule has 0 bridgehead atoms. The van der Waals surface area contributed by atoms with Crippen LogP contribution in [0.4, 0.5) is 4.39 Å². The van der Waals surface area contributed by atoms with Crippen molar-refractivity contribution in [2.45, 2.75) is 18.7 Å². The minimum atomic E-state index is -0.867. The van der Waals surface area contributed by atoms with Crippen molar-refractivity contribution in [3.63, 3.8) is 0 Å². The van der Waals surface area contributed by atoms with Crippen molar-refractivity contribution < 1.29 is 23.1 Å². The van der Waals surface area contributed by atoms with E-state index in [1.54, 1.807) is 44.6 Å². The molecule has 0 aliphatic carbocycles. The van der Waals surface area contributed by atoms with Crippen LogP contribution in [-0.2, 0) is 20.9 Å². The van der Waals surface area contributed by atoms with Gasteiger partial charge in [-0.1, -0.05) is 12.1 Å². The third kappa shape index (κ3) is 3.56. The molecular weight excluding hydrogens is 327 g/mol. The first kappa shape index (κ1) is 17.2. The second kappa shape index (κ2) is 7.06. The Morgan fingerprint density at radius 3 is 2.68 bits per heavy atom. The highest BCUT2D eigenvalue weighted by Crippen LogP contribution is 2.30. The van der Waals surface area contributed by atoms with E-state index in [2.05, 4.69) is 0 Å². The summed E-state index contributed by atoms with van der Waals surface area (Å²) in [5.41, 5.74) is 0.640. The van der Waals surface area contributed by atoms with Crippen molar-refractivity contribution >= 4 is 11.8 Å². The summed E-state index contributed by atoms with van der Waals surface area (Å²) in [7, 11) is 3.26. The summed E-state index contributed by atoms with van der Waals surface area (Å²) in [5.74, 6) is -0.237. The lowest BCUT2D eigenvalue weighted by atomic mass is 9.97. The molecule has 2 amide bonds. The number of halogens is 1. The highest BCUT2D eigenvalue weighted by atomic mass is 19.1. The number of furan rings is 1. The van der Waals surface area contributed by atoms with E-state index in [0.29, 0.717) is 17.9 Å². The predicted octanol–water partition coefficient (Wildman–Crippen LogP) is 1.98. The molecule has 3 rings (SSSR count). The van der Waals surface area contributed by atoms with Crippen molar-refractivity contribution in [2.75, 3.05) is 20.7 Å². The fourth-order valence-corrected chi connectivity index (χ4v) is 2.91. The topological polar surface area (TPSA) is 63.0 Å². The molecule has 1 fully saturated rings. The summed E-state index contributed by atoms with van der Waals surface area (Å²) in [6.07, 6.45) is 0.673.